The second-order valence-electron chi connectivity index (χ2n) is 3.77. The maximum absolute atomic E-state index is 12.9. The molecule has 0 fully saturated rings. The van der Waals surface area contributed by atoms with Gasteiger partial charge in [0.1, 0.15) is 5.82 Å². The van der Waals surface area contributed by atoms with Crippen molar-refractivity contribution in [2.24, 2.45) is 0 Å². The molecule has 0 heterocycles. The van der Waals surface area contributed by atoms with Crippen LogP contribution in [0.5, 0.6) is 0 Å². The highest BCUT2D eigenvalue weighted by molar-refractivity contribution is 6.06. The number of halogens is 4. The second-order valence-corrected chi connectivity index (χ2v) is 3.77. The van der Waals surface area contributed by atoms with Gasteiger partial charge in [0.05, 0.1) is 5.56 Å². The summed E-state index contributed by atoms with van der Waals surface area (Å²) in [7, 11) is 0. The molecule has 0 aliphatic rings. The van der Waals surface area contributed by atoms with E-state index in [0.717, 1.165) is 6.08 Å². The Balaban J connectivity index is 3.35. The lowest BCUT2D eigenvalue weighted by atomic mass is 10.0. The van der Waals surface area contributed by atoms with Crippen LogP contribution in [-0.2, 0) is 6.18 Å². The smallest absolute Gasteiger partial charge is 0.289 e. The summed E-state index contributed by atoms with van der Waals surface area (Å²) in [4.78, 5) is 11.5. The Kier molecular flexibility index (Phi) is 3.70. The van der Waals surface area contributed by atoms with Crippen LogP contribution in [0.15, 0.2) is 29.8 Å². The van der Waals surface area contributed by atoms with Crippen molar-refractivity contribution >= 4 is 5.78 Å². The number of carbonyl (C=O) groups excluding carboxylic acids is 1. The molecule has 17 heavy (non-hydrogen) atoms. The number of hydrogen-bond acceptors (Lipinski definition) is 1. The van der Waals surface area contributed by atoms with Gasteiger partial charge in [0.2, 0.25) is 0 Å². The zero-order chi connectivity index (χ0) is 13.2. The maximum Gasteiger partial charge on any atom is 0.417 e. The van der Waals surface area contributed by atoms with E-state index in [2.05, 4.69) is 0 Å². The predicted molar refractivity (Wildman–Crippen MR) is 55.2 cm³/mol. The van der Waals surface area contributed by atoms with Gasteiger partial charge in [0.15, 0.2) is 5.78 Å². The summed E-state index contributed by atoms with van der Waals surface area (Å²) in [5.41, 5.74) is -1.24. The van der Waals surface area contributed by atoms with E-state index in [0.29, 0.717) is 23.8 Å². The van der Waals surface area contributed by atoms with Crippen LogP contribution in [-0.4, -0.2) is 5.78 Å². The molecule has 0 aliphatic heterocycles. The third-order valence-electron chi connectivity index (χ3n) is 1.97. The Morgan fingerprint density at radius 3 is 2.29 bits per heavy atom. The monoisotopic (exact) mass is 246 g/mol. The molecule has 0 aromatic heterocycles. The molecule has 0 amide bonds. The highest BCUT2D eigenvalue weighted by atomic mass is 19.4. The van der Waals surface area contributed by atoms with Crippen LogP contribution in [0.4, 0.5) is 17.6 Å². The number of carbonyl (C=O) groups is 1. The summed E-state index contributed by atoms with van der Waals surface area (Å²) in [6, 6.07) is 1.86. The lowest BCUT2D eigenvalue weighted by molar-refractivity contribution is -0.137. The molecule has 1 nitrogen and oxygen atoms in total. The van der Waals surface area contributed by atoms with Crippen molar-refractivity contribution in [1.82, 2.24) is 0 Å². The van der Waals surface area contributed by atoms with Crippen LogP contribution in [0.3, 0.4) is 0 Å². The predicted octanol–water partition coefficient (Wildman–Crippen LogP) is 3.99. The van der Waals surface area contributed by atoms with E-state index in [4.69, 9.17) is 0 Å². The van der Waals surface area contributed by atoms with Gasteiger partial charge in [-0.1, -0.05) is 5.57 Å². The first kappa shape index (κ1) is 13.4. The SMILES string of the molecule is CC(C)=CC(=O)c1cc(F)ccc1C(F)(F)F. The van der Waals surface area contributed by atoms with E-state index in [1.54, 1.807) is 13.8 Å². The minimum absolute atomic E-state index is 0.549. The number of alkyl halides is 3. The Morgan fingerprint density at radius 1 is 1.24 bits per heavy atom. The van der Waals surface area contributed by atoms with E-state index in [1.807, 2.05) is 0 Å². The molecule has 0 saturated heterocycles. The zero-order valence-electron chi connectivity index (χ0n) is 9.23. The quantitative estimate of drug-likeness (QED) is 0.438. The van der Waals surface area contributed by atoms with Gasteiger partial charge in [0, 0.05) is 5.56 Å². The molecule has 0 N–H and O–H groups in total. The summed E-state index contributed by atoms with van der Waals surface area (Å²) in [6.07, 6.45) is -3.63. The van der Waals surface area contributed by atoms with Crippen molar-refractivity contribution in [3.05, 3.63) is 46.8 Å². The van der Waals surface area contributed by atoms with E-state index in [1.165, 1.54) is 0 Å². The van der Waals surface area contributed by atoms with Crippen molar-refractivity contribution in [1.29, 1.82) is 0 Å². The van der Waals surface area contributed by atoms with Crippen LogP contribution < -0.4 is 0 Å². The largest absolute Gasteiger partial charge is 0.417 e. The highest BCUT2D eigenvalue weighted by Gasteiger charge is 2.34. The van der Waals surface area contributed by atoms with Gasteiger partial charge in [-0.15, -0.1) is 0 Å². The minimum atomic E-state index is -4.67. The molecule has 1 rings (SSSR count). The zero-order valence-corrected chi connectivity index (χ0v) is 9.23. The Bertz CT molecular complexity index is 468. The van der Waals surface area contributed by atoms with Gasteiger partial charge in [-0.3, -0.25) is 4.79 Å². The molecule has 1 aromatic rings. The Morgan fingerprint density at radius 2 is 1.82 bits per heavy atom. The van der Waals surface area contributed by atoms with Gasteiger partial charge in [-0.2, -0.15) is 13.2 Å². The van der Waals surface area contributed by atoms with Gasteiger partial charge < -0.3 is 0 Å². The molecule has 0 spiro atoms. The first-order valence-corrected chi connectivity index (χ1v) is 4.78. The topological polar surface area (TPSA) is 17.1 Å². The molecule has 0 radical (unpaired) electrons. The molecule has 1 aromatic carbocycles. The maximum atomic E-state index is 12.9. The van der Waals surface area contributed by atoms with E-state index in [-0.39, 0.29) is 0 Å². The average molecular weight is 246 g/mol. The summed E-state index contributed by atoms with van der Waals surface area (Å²) in [6.45, 7) is 3.15. The standard InChI is InChI=1S/C12H10F4O/c1-7(2)5-11(17)9-6-8(13)3-4-10(9)12(14,15)16/h3-6H,1-2H3. The van der Waals surface area contributed by atoms with Crippen molar-refractivity contribution in [2.45, 2.75) is 20.0 Å². The minimum Gasteiger partial charge on any atom is -0.289 e. The third kappa shape index (κ3) is 3.41. The Hall–Kier alpha value is -1.65. The summed E-state index contributed by atoms with van der Waals surface area (Å²) < 4.78 is 50.6. The second kappa shape index (κ2) is 4.69. The van der Waals surface area contributed by atoms with Crippen LogP contribution in [0.2, 0.25) is 0 Å². The Labute approximate surface area is 95.8 Å². The van der Waals surface area contributed by atoms with Crippen molar-refractivity contribution < 1.29 is 22.4 Å². The average Bonchev–Trinajstić information content (AvgIpc) is 2.14. The fourth-order valence-electron chi connectivity index (χ4n) is 1.31. The number of hydrogen-bond donors (Lipinski definition) is 0. The highest BCUT2D eigenvalue weighted by Crippen LogP contribution is 2.32. The number of benzene rings is 1. The fraction of sp³-hybridized carbons (Fsp3) is 0.250. The molecular weight excluding hydrogens is 236 g/mol. The van der Waals surface area contributed by atoms with E-state index in [9.17, 15) is 22.4 Å². The van der Waals surface area contributed by atoms with Crippen molar-refractivity contribution in [3.63, 3.8) is 0 Å². The molecule has 0 saturated carbocycles. The van der Waals surface area contributed by atoms with Crippen molar-refractivity contribution in [3.8, 4) is 0 Å². The van der Waals surface area contributed by atoms with Crippen LogP contribution in [0.25, 0.3) is 0 Å². The van der Waals surface area contributed by atoms with Crippen LogP contribution >= 0.6 is 0 Å². The normalized spacial score (nSPS) is 11.2. The van der Waals surface area contributed by atoms with Gasteiger partial charge >= 0.3 is 6.18 Å². The summed E-state index contributed by atoms with van der Waals surface area (Å²) in [5.74, 6) is -1.72. The molecule has 0 unspecified atom stereocenters. The summed E-state index contributed by atoms with van der Waals surface area (Å²) >= 11 is 0. The van der Waals surface area contributed by atoms with Gasteiger partial charge in [-0.05, 0) is 38.1 Å². The molecule has 0 aliphatic carbocycles. The van der Waals surface area contributed by atoms with Crippen molar-refractivity contribution in [2.75, 3.05) is 0 Å². The van der Waals surface area contributed by atoms with Gasteiger partial charge in [0.25, 0.3) is 0 Å². The van der Waals surface area contributed by atoms with Crippen LogP contribution in [0, 0.1) is 5.82 Å². The summed E-state index contributed by atoms with van der Waals surface area (Å²) in [5, 5.41) is 0. The third-order valence-corrected chi connectivity index (χ3v) is 1.97. The van der Waals surface area contributed by atoms with Gasteiger partial charge in [-0.25, -0.2) is 4.39 Å². The molecule has 5 heteroatoms. The first-order chi connectivity index (χ1) is 7.71. The number of allylic oxidation sites excluding steroid dienone is 2. The molecule has 0 atom stereocenters. The van der Waals surface area contributed by atoms with Crippen LogP contribution in [0.1, 0.15) is 29.8 Å². The first-order valence-electron chi connectivity index (χ1n) is 4.78. The molecule has 0 bridgehead atoms. The lowest BCUT2D eigenvalue weighted by Crippen LogP contribution is -2.12. The molecule has 92 valence electrons. The lowest BCUT2D eigenvalue weighted by Gasteiger charge is -2.10. The fourth-order valence-corrected chi connectivity index (χ4v) is 1.31. The van der Waals surface area contributed by atoms with E-state index >= 15 is 0 Å². The van der Waals surface area contributed by atoms with E-state index < -0.39 is 28.9 Å². The number of ketones is 1. The molecular formula is C12H10F4O. The number of rotatable bonds is 2.